The maximum Gasteiger partial charge on any atom is 0.158 e. The predicted molar refractivity (Wildman–Crippen MR) is 150 cm³/mol. The van der Waals surface area contributed by atoms with Crippen molar-refractivity contribution in [1.29, 1.82) is 0 Å². The molecule has 6 nitrogen and oxygen atoms in total. The Hall–Kier alpha value is -2.96. The molecule has 2 unspecified atom stereocenters. The van der Waals surface area contributed by atoms with Crippen LogP contribution in [-0.2, 0) is 28.9 Å². The van der Waals surface area contributed by atoms with Crippen molar-refractivity contribution in [3.63, 3.8) is 0 Å². The van der Waals surface area contributed by atoms with Crippen molar-refractivity contribution in [3.05, 3.63) is 82.8 Å². The molecule has 0 radical (unpaired) electrons. The van der Waals surface area contributed by atoms with E-state index >= 15 is 0 Å². The Morgan fingerprint density at radius 2 is 1.66 bits per heavy atom. The number of piperidine rings is 1. The first-order valence-electron chi connectivity index (χ1n) is 14.1. The third-order valence-corrected chi connectivity index (χ3v) is 8.47. The maximum atomic E-state index is 9.95. The highest BCUT2D eigenvalue weighted by Crippen LogP contribution is 2.39. The number of aryl methyl sites for hydroxylation is 1. The molecular weight excluding hydrogens is 476 g/mol. The summed E-state index contributed by atoms with van der Waals surface area (Å²) in [6.45, 7) is 6.08. The van der Waals surface area contributed by atoms with E-state index in [1.165, 1.54) is 16.7 Å². The van der Waals surface area contributed by atoms with Crippen molar-refractivity contribution in [3.8, 4) is 11.5 Å². The highest BCUT2D eigenvalue weighted by molar-refractivity contribution is 5.38. The molecule has 1 fully saturated rings. The fraction of sp³-hybridized carbons (Fsp3) is 0.500. The van der Waals surface area contributed by atoms with Crippen LogP contribution in [0.25, 0.3) is 0 Å². The number of rotatable bonds is 9. The summed E-state index contributed by atoms with van der Waals surface area (Å²) in [5.74, 6) is 3.72. The molecule has 6 heteroatoms. The summed E-state index contributed by atoms with van der Waals surface area (Å²) >= 11 is 0. The molecule has 2 N–H and O–H groups in total. The molecule has 1 saturated heterocycles. The molecule has 3 aliphatic rings. The number of aromatic hydroxyl groups is 1. The molecule has 0 amide bonds. The molecule has 0 aromatic heterocycles. The highest BCUT2D eigenvalue weighted by atomic mass is 16.5. The van der Waals surface area contributed by atoms with Gasteiger partial charge in [0.2, 0.25) is 0 Å². The van der Waals surface area contributed by atoms with E-state index < -0.39 is 0 Å². The largest absolute Gasteiger partial charge is 0.508 e. The minimum Gasteiger partial charge on any atom is -0.508 e. The highest BCUT2D eigenvalue weighted by Gasteiger charge is 2.37. The molecule has 5 rings (SSSR count). The number of methoxy groups -OCH3 is 2. The standard InChI is InChI=1S/C32H42N2O4/c1-4-34(21-22-5-11-27(12-6-22)38-28-13-15-33-16-14-28)30-20-32(37-3)31(36-2)19-29(30)25-8-7-24-18-26(35)10-9-23(24)17-25/h5-6,9-12,18-20,25,28-30,33,35H,4,7-8,13-17,21H2,1-3H3/t25-,29?,30?/m1/s1. The first-order chi connectivity index (χ1) is 18.6. The molecule has 2 aliphatic carbocycles. The zero-order chi connectivity index (χ0) is 26.5. The predicted octanol–water partition coefficient (Wildman–Crippen LogP) is 5.21. The Labute approximate surface area is 227 Å². The second kappa shape index (κ2) is 12.3. The number of fused-ring (bicyclic) bond motifs is 1. The van der Waals surface area contributed by atoms with E-state index in [0.29, 0.717) is 23.7 Å². The van der Waals surface area contributed by atoms with Crippen molar-refractivity contribution < 1.29 is 19.3 Å². The fourth-order valence-corrected chi connectivity index (χ4v) is 6.34. The zero-order valence-corrected chi connectivity index (χ0v) is 23.0. The number of nitrogens with one attached hydrogen (secondary N) is 1. The van der Waals surface area contributed by atoms with Gasteiger partial charge in [0.25, 0.3) is 0 Å². The molecule has 3 atom stereocenters. The number of phenolic OH excluding ortho intramolecular Hbond substituents is 1. The maximum absolute atomic E-state index is 9.95. The Balaban J connectivity index is 1.34. The first-order valence-corrected chi connectivity index (χ1v) is 14.1. The van der Waals surface area contributed by atoms with Gasteiger partial charge in [0.15, 0.2) is 11.5 Å². The van der Waals surface area contributed by atoms with Gasteiger partial charge in [-0.15, -0.1) is 0 Å². The van der Waals surface area contributed by atoms with Crippen molar-refractivity contribution in [1.82, 2.24) is 10.2 Å². The van der Waals surface area contributed by atoms with Crippen molar-refractivity contribution in [2.45, 2.75) is 57.7 Å². The SMILES string of the molecule is CCN(Cc1ccc(OC2CCNCC2)cc1)C1C=C(OC)C(OC)=CC1[C@@H]1CCc2cc(O)ccc2C1. The average Bonchev–Trinajstić information content (AvgIpc) is 2.96. The zero-order valence-electron chi connectivity index (χ0n) is 23.0. The number of phenols is 1. The Kier molecular flexibility index (Phi) is 8.60. The molecule has 0 bridgehead atoms. The van der Waals surface area contributed by atoms with E-state index in [1.54, 1.807) is 14.2 Å². The van der Waals surface area contributed by atoms with E-state index in [-0.39, 0.29) is 6.04 Å². The molecule has 0 spiro atoms. The lowest BCUT2D eigenvalue weighted by Gasteiger charge is -2.41. The van der Waals surface area contributed by atoms with Crippen molar-refractivity contribution in [2.75, 3.05) is 33.9 Å². The van der Waals surface area contributed by atoms with Crippen LogP contribution >= 0.6 is 0 Å². The molecule has 204 valence electrons. The smallest absolute Gasteiger partial charge is 0.158 e. The lowest BCUT2D eigenvalue weighted by molar-refractivity contribution is 0.132. The Bertz CT molecular complexity index is 1140. The van der Waals surface area contributed by atoms with E-state index in [4.69, 9.17) is 14.2 Å². The number of hydrogen-bond donors (Lipinski definition) is 2. The van der Waals surface area contributed by atoms with Gasteiger partial charge in [0.1, 0.15) is 17.6 Å². The number of benzene rings is 2. The number of ether oxygens (including phenoxy) is 3. The van der Waals surface area contributed by atoms with Gasteiger partial charge >= 0.3 is 0 Å². The van der Waals surface area contributed by atoms with E-state index in [2.05, 4.69) is 59.6 Å². The monoisotopic (exact) mass is 518 g/mol. The lowest BCUT2D eigenvalue weighted by Crippen LogP contribution is -2.44. The van der Waals surface area contributed by atoms with Crippen LogP contribution in [0.3, 0.4) is 0 Å². The Morgan fingerprint density at radius 3 is 2.37 bits per heavy atom. The van der Waals surface area contributed by atoms with E-state index in [0.717, 1.165) is 75.6 Å². The summed E-state index contributed by atoms with van der Waals surface area (Å²) in [6, 6.07) is 14.7. The summed E-state index contributed by atoms with van der Waals surface area (Å²) < 4.78 is 17.7. The van der Waals surface area contributed by atoms with Gasteiger partial charge in [-0.3, -0.25) is 4.90 Å². The molecule has 1 heterocycles. The topological polar surface area (TPSA) is 63.2 Å². The molecule has 2 aromatic rings. The number of nitrogens with zero attached hydrogens (tertiary/aromatic N) is 1. The normalized spacial score (nSPS) is 23.8. The van der Waals surface area contributed by atoms with Crippen LogP contribution in [0.4, 0.5) is 0 Å². The summed E-state index contributed by atoms with van der Waals surface area (Å²) in [5.41, 5.74) is 3.90. The van der Waals surface area contributed by atoms with Crippen LogP contribution in [0.5, 0.6) is 11.5 Å². The van der Waals surface area contributed by atoms with Crippen LogP contribution in [0.1, 0.15) is 42.9 Å². The number of likely N-dealkylation sites (N-methyl/N-ethyl adjacent to an activating group) is 1. The van der Waals surface area contributed by atoms with Gasteiger partial charge < -0.3 is 24.6 Å². The van der Waals surface area contributed by atoms with Crippen LogP contribution < -0.4 is 10.1 Å². The van der Waals surface area contributed by atoms with Crippen LogP contribution in [-0.4, -0.2) is 56.0 Å². The minimum atomic E-state index is 0.197. The second-order valence-corrected chi connectivity index (χ2v) is 10.8. The van der Waals surface area contributed by atoms with Gasteiger partial charge in [-0.05, 0) is 111 Å². The van der Waals surface area contributed by atoms with Crippen molar-refractivity contribution >= 4 is 0 Å². The number of hydrogen-bond acceptors (Lipinski definition) is 6. The third-order valence-electron chi connectivity index (χ3n) is 8.47. The Morgan fingerprint density at radius 1 is 0.921 bits per heavy atom. The van der Waals surface area contributed by atoms with Gasteiger partial charge in [-0.1, -0.05) is 25.1 Å². The summed E-state index contributed by atoms with van der Waals surface area (Å²) in [7, 11) is 3.44. The first kappa shape index (κ1) is 26.6. The van der Waals surface area contributed by atoms with Gasteiger partial charge in [0, 0.05) is 18.5 Å². The van der Waals surface area contributed by atoms with Crippen LogP contribution in [0.2, 0.25) is 0 Å². The molecular formula is C32H42N2O4. The summed E-state index contributed by atoms with van der Waals surface area (Å²) in [5, 5.41) is 13.3. The molecule has 38 heavy (non-hydrogen) atoms. The molecule has 0 saturated carbocycles. The van der Waals surface area contributed by atoms with Crippen LogP contribution in [0, 0.1) is 11.8 Å². The van der Waals surface area contributed by atoms with Gasteiger partial charge in [0.05, 0.1) is 14.2 Å². The minimum absolute atomic E-state index is 0.197. The fourth-order valence-electron chi connectivity index (χ4n) is 6.34. The quantitative estimate of drug-likeness (QED) is 0.475. The van der Waals surface area contributed by atoms with E-state index in [1.807, 2.05) is 12.1 Å². The lowest BCUT2D eigenvalue weighted by atomic mass is 9.72. The third kappa shape index (κ3) is 6.02. The summed E-state index contributed by atoms with van der Waals surface area (Å²) in [4.78, 5) is 2.54. The molecule has 1 aliphatic heterocycles. The average molecular weight is 519 g/mol. The van der Waals surface area contributed by atoms with Gasteiger partial charge in [-0.2, -0.15) is 0 Å². The van der Waals surface area contributed by atoms with E-state index in [9.17, 15) is 5.11 Å². The van der Waals surface area contributed by atoms with Crippen molar-refractivity contribution in [2.24, 2.45) is 11.8 Å². The molecule has 2 aromatic carbocycles. The summed E-state index contributed by atoms with van der Waals surface area (Å²) in [6.07, 6.45) is 10.0. The van der Waals surface area contributed by atoms with Gasteiger partial charge in [-0.25, -0.2) is 0 Å². The van der Waals surface area contributed by atoms with Crippen LogP contribution in [0.15, 0.2) is 66.1 Å². The second-order valence-electron chi connectivity index (χ2n) is 10.8.